The Morgan fingerprint density at radius 3 is 2.30 bits per heavy atom. The average Bonchev–Trinajstić information content (AvgIpc) is 2.46. The van der Waals surface area contributed by atoms with Gasteiger partial charge in [0, 0.05) is 6.04 Å². The van der Waals surface area contributed by atoms with Gasteiger partial charge >= 0.3 is 0 Å². The van der Waals surface area contributed by atoms with Gasteiger partial charge in [0.2, 0.25) is 0 Å². The van der Waals surface area contributed by atoms with Crippen molar-refractivity contribution in [1.29, 1.82) is 0 Å². The maximum atomic E-state index is 11.9. The summed E-state index contributed by atoms with van der Waals surface area (Å²) in [4.78, 5) is 11.9. The highest BCUT2D eigenvalue weighted by Crippen LogP contribution is 2.20. The molecule has 0 aliphatic heterocycles. The Labute approximate surface area is 121 Å². The summed E-state index contributed by atoms with van der Waals surface area (Å²) in [6.07, 6.45) is 0.580. The fraction of sp³-hybridized carbons (Fsp3) is 0.562. The molecule has 2 N–H and O–H groups in total. The number of hydrogen-bond acceptors (Lipinski definition) is 3. The standard InChI is InChI=1S/C16H25NO3/c1-5-11(3)17-16(19)12(4)20-14-9-7-13(8-10-14)15(18)6-2/h7-12,15,18H,5-6H2,1-4H3,(H,17,19)/t11?,12?,15-/m1/s1. The summed E-state index contributed by atoms with van der Waals surface area (Å²) < 4.78 is 5.60. The van der Waals surface area contributed by atoms with Crippen LogP contribution in [0.3, 0.4) is 0 Å². The van der Waals surface area contributed by atoms with Crippen molar-refractivity contribution in [2.45, 2.75) is 58.8 Å². The largest absolute Gasteiger partial charge is 0.481 e. The molecule has 4 nitrogen and oxygen atoms in total. The van der Waals surface area contributed by atoms with Gasteiger partial charge in [-0.15, -0.1) is 0 Å². The Morgan fingerprint density at radius 1 is 1.20 bits per heavy atom. The molecule has 1 aromatic rings. The lowest BCUT2D eigenvalue weighted by Gasteiger charge is -2.18. The quantitative estimate of drug-likeness (QED) is 0.807. The molecule has 0 aliphatic rings. The van der Waals surface area contributed by atoms with Gasteiger partial charge < -0.3 is 15.2 Å². The summed E-state index contributed by atoms with van der Waals surface area (Å²) >= 11 is 0. The van der Waals surface area contributed by atoms with Crippen molar-refractivity contribution < 1.29 is 14.6 Å². The Bertz CT molecular complexity index is 416. The van der Waals surface area contributed by atoms with Gasteiger partial charge in [0.05, 0.1) is 6.10 Å². The molecule has 1 amide bonds. The molecule has 4 heteroatoms. The number of hydrogen-bond donors (Lipinski definition) is 2. The predicted octanol–water partition coefficient (Wildman–Crippen LogP) is 2.81. The van der Waals surface area contributed by atoms with Crippen LogP contribution in [0.5, 0.6) is 5.75 Å². The number of ether oxygens (including phenoxy) is 1. The third-order valence-electron chi connectivity index (χ3n) is 3.33. The van der Waals surface area contributed by atoms with Crippen molar-refractivity contribution in [3.63, 3.8) is 0 Å². The van der Waals surface area contributed by atoms with Gasteiger partial charge in [-0.05, 0) is 44.4 Å². The minimum absolute atomic E-state index is 0.114. The van der Waals surface area contributed by atoms with Gasteiger partial charge in [0.15, 0.2) is 6.10 Å². The number of nitrogens with one attached hydrogen (secondary N) is 1. The lowest BCUT2D eigenvalue weighted by Crippen LogP contribution is -2.40. The first-order chi connectivity index (χ1) is 9.47. The van der Waals surface area contributed by atoms with E-state index in [1.807, 2.05) is 32.9 Å². The molecule has 1 rings (SSSR count). The van der Waals surface area contributed by atoms with Crippen LogP contribution in [-0.4, -0.2) is 23.2 Å². The number of rotatable bonds is 7. The first kappa shape index (κ1) is 16.5. The van der Waals surface area contributed by atoms with Crippen LogP contribution in [0, 0.1) is 0 Å². The number of carbonyl (C=O) groups is 1. The summed E-state index contributed by atoms with van der Waals surface area (Å²) in [6, 6.07) is 7.35. The van der Waals surface area contributed by atoms with Crippen LogP contribution >= 0.6 is 0 Å². The Balaban J connectivity index is 2.57. The van der Waals surface area contributed by atoms with E-state index in [1.165, 1.54) is 0 Å². The minimum Gasteiger partial charge on any atom is -0.481 e. The van der Waals surface area contributed by atoms with Crippen LogP contribution < -0.4 is 10.1 Å². The number of aliphatic hydroxyl groups is 1. The summed E-state index contributed by atoms with van der Waals surface area (Å²) in [5.41, 5.74) is 0.858. The molecular formula is C16H25NO3. The van der Waals surface area contributed by atoms with Gasteiger partial charge in [-0.2, -0.15) is 0 Å². The summed E-state index contributed by atoms with van der Waals surface area (Å²) in [7, 11) is 0. The van der Waals surface area contributed by atoms with E-state index in [0.29, 0.717) is 12.2 Å². The number of carbonyl (C=O) groups excluding carboxylic acids is 1. The summed E-state index contributed by atoms with van der Waals surface area (Å²) in [5, 5.41) is 12.6. The fourth-order valence-corrected chi connectivity index (χ4v) is 1.72. The third kappa shape index (κ3) is 4.85. The molecule has 1 aromatic carbocycles. The smallest absolute Gasteiger partial charge is 0.260 e. The normalized spacial score (nSPS) is 15.2. The van der Waals surface area contributed by atoms with E-state index in [9.17, 15) is 9.90 Å². The monoisotopic (exact) mass is 279 g/mol. The second-order valence-corrected chi connectivity index (χ2v) is 5.07. The van der Waals surface area contributed by atoms with Crippen LogP contribution in [0.15, 0.2) is 24.3 Å². The topological polar surface area (TPSA) is 58.6 Å². The SMILES string of the molecule is CCC(C)NC(=O)C(C)Oc1ccc([C@H](O)CC)cc1. The van der Waals surface area contributed by atoms with Crippen LogP contribution in [0.25, 0.3) is 0 Å². The van der Waals surface area contributed by atoms with Crippen LogP contribution in [-0.2, 0) is 4.79 Å². The van der Waals surface area contributed by atoms with E-state index < -0.39 is 12.2 Å². The van der Waals surface area contributed by atoms with Gasteiger partial charge in [-0.3, -0.25) is 4.79 Å². The molecule has 0 saturated carbocycles. The third-order valence-corrected chi connectivity index (χ3v) is 3.33. The van der Waals surface area contributed by atoms with Crippen LogP contribution in [0.2, 0.25) is 0 Å². The molecule has 0 fully saturated rings. The van der Waals surface area contributed by atoms with Crippen LogP contribution in [0.4, 0.5) is 0 Å². The molecule has 2 unspecified atom stereocenters. The maximum Gasteiger partial charge on any atom is 0.260 e. The molecule has 0 saturated heterocycles. The van der Waals surface area contributed by atoms with Crippen molar-refractivity contribution in [3.05, 3.63) is 29.8 Å². The Hall–Kier alpha value is -1.55. The van der Waals surface area contributed by atoms with Gasteiger partial charge in [0.1, 0.15) is 5.75 Å². The molecule has 20 heavy (non-hydrogen) atoms. The molecule has 0 aromatic heterocycles. The van der Waals surface area contributed by atoms with Crippen molar-refractivity contribution in [3.8, 4) is 5.75 Å². The number of aliphatic hydroxyl groups excluding tert-OH is 1. The second-order valence-electron chi connectivity index (χ2n) is 5.07. The zero-order chi connectivity index (χ0) is 15.1. The van der Waals surface area contributed by atoms with Crippen molar-refractivity contribution in [1.82, 2.24) is 5.32 Å². The second kappa shape index (κ2) is 7.90. The summed E-state index contributed by atoms with van der Waals surface area (Å²) in [6.45, 7) is 7.64. The Morgan fingerprint density at radius 2 is 1.80 bits per heavy atom. The van der Waals surface area contributed by atoms with Gasteiger partial charge in [0.25, 0.3) is 5.91 Å². The molecule has 0 heterocycles. The highest BCUT2D eigenvalue weighted by Gasteiger charge is 2.16. The van der Waals surface area contributed by atoms with Gasteiger partial charge in [-0.1, -0.05) is 26.0 Å². The molecular weight excluding hydrogens is 254 g/mol. The Kier molecular flexibility index (Phi) is 6.52. The van der Waals surface area contributed by atoms with E-state index in [-0.39, 0.29) is 11.9 Å². The highest BCUT2D eigenvalue weighted by atomic mass is 16.5. The molecule has 0 radical (unpaired) electrons. The molecule has 0 spiro atoms. The van der Waals surface area contributed by atoms with Crippen molar-refractivity contribution in [2.24, 2.45) is 0 Å². The zero-order valence-corrected chi connectivity index (χ0v) is 12.7. The molecule has 0 bridgehead atoms. The average molecular weight is 279 g/mol. The zero-order valence-electron chi connectivity index (χ0n) is 12.7. The number of amides is 1. The lowest BCUT2D eigenvalue weighted by molar-refractivity contribution is -0.127. The first-order valence-corrected chi connectivity index (χ1v) is 7.22. The molecule has 0 aliphatic carbocycles. The van der Waals surface area contributed by atoms with Crippen molar-refractivity contribution in [2.75, 3.05) is 0 Å². The van der Waals surface area contributed by atoms with E-state index in [0.717, 1.165) is 12.0 Å². The maximum absolute atomic E-state index is 11.9. The molecule has 3 atom stereocenters. The van der Waals surface area contributed by atoms with Gasteiger partial charge in [-0.25, -0.2) is 0 Å². The predicted molar refractivity (Wildman–Crippen MR) is 79.7 cm³/mol. The molecule has 112 valence electrons. The van der Waals surface area contributed by atoms with E-state index in [2.05, 4.69) is 5.32 Å². The van der Waals surface area contributed by atoms with Crippen LogP contribution in [0.1, 0.15) is 52.2 Å². The highest BCUT2D eigenvalue weighted by molar-refractivity contribution is 5.80. The first-order valence-electron chi connectivity index (χ1n) is 7.22. The minimum atomic E-state index is -0.536. The van der Waals surface area contributed by atoms with Crippen molar-refractivity contribution >= 4 is 5.91 Å². The van der Waals surface area contributed by atoms with E-state index >= 15 is 0 Å². The number of benzene rings is 1. The summed E-state index contributed by atoms with van der Waals surface area (Å²) in [5.74, 6) is 0.515. The van der Waals surface area contributed by atoms with E-state index in [4.69, 9.17) is 4.74 Å². The fourth-order valence-electron chi connectivity index (χ4n) is 1.72. The lowest BCUT2D eigenvalue weighted by atomic mass is 10.1. The van der Waals surface area contributed by atoms with E-state index in [1.54, 1.807) is 19.1 Å².